The molecular formula is C23H25N3O2. The molecule has 0 radical (unpaired) electrons. The molecule has 1 unspecified atom stereocenters. The molecule has 2 amide bonds. The summed E-state index contributed by atoms with van der Waals surface area (Å²) >= 11 is 0. The van der Waals surface area contributed by atoms with Gasteiger partial charge in [0.05, 0.1) is 25.4 Å². The lowest BCUT2D eigenvalue weighted by Gasteiger charge is -2.29. The Morgan fingerprint density at radius 3 is 2.82 bits per heavy atom. The number of nitrogens with one attached hydrogen (secondary N) is 1. The quantitative estimate of drug-likeness (QED) is 0.721. The molecule has 0 bridgehead atoms. The summed E-state index contributed by atoms with van der Waals surface area (Å²) in [6, 6.07) is 20.2. The van der Waals surface area contributed by atoms with Crippen LogP contribution in [0.15, 0.2) is 66.9 Å². The van der Waals surface area contributed by atoms with E-state index in [2.05, 4.69) is 41.2 Å². The number of nitrogens with zero attached hydrogens (tertiary/aromatic N) is 2. The van der Waals surface area contributed by atoms with Crippen LogP contribution < -0.4 is 10.1 Å². The first-order valence-electron chi connectivity index (χ1n) is 9.64. The van der Waals surface area contributed by atoms with Gasteiger partial charge in [-0.2, -0.15) is 0 Å². The molecule has 1 aromatic heterocycles. The standard InChI is InChI=1S/C23H25N3O2/c1-3-20-22-12-7-13-25(22)21-11-5-4-9-18(21)16-26(20)23(27)24-15-17-8-6-10-19(14-17)28-2/h4-14,20H,3,15-16H2,1-2H3,(H,24,27). The zero-order valence-electron chi connectivity index (χ0n) is 16.3. The summed E-state index contributed by atoms with van der Waals surface area (Å²) in [5, 5.41) is 3.09. The summed E-state index contributed by atoms with van der Waals surface area (Å²) in [5.41, 5.74) is 4.44. The van der Waals surface area contributed by atoms with E-state index in [1.54, 1.807) is 7.11 Å². The third kappa shape index (κ3) is 3.36. The van der Waals surface area contributed by atoms with E-state index in [9.17, 15) is 4.79 Å². The lowest BCUT2D eigenvalue weighted by Crippen LogP contribution is -2.41. The van der Waals surface area contributed by atoms with Crippen LogP contribution in [-0.2, 0) is 13.1 Å². The first kappa shape index (κ1) is 18.2. The second kappa shape index (κ2) is 7.80. The number of hydrogen-bond acceptors (Lipinski definition) is 2. The number of carbonyl (C=O) groups excluding carboxylic acids is 1. The van der Waals surface area contributed by atoms with Crippen LogP contribution in [0.25, 0.3) is 5.69 Å². The molecule has 1 atom stereocenters. The first-order valence-corrected chi connectivity index (χ1v) is 9.64. The number of aromatic nitrogens is 1. The Hall–Kier alpha value is -3.21. The third-order valence-corrected chi connectivity index (χ3v) is 5.32. The van der Waals surface area contributed by atoms with Gasteiger partial charge in [-0.05, 0) is 47.9 Å². The van der Waals surface area contributed by atoms with Crippen molar-refractivity contribution in [3.05, 3.63) is 83.7 Å². The summed E-state index contributed by atoms with van der Waals surface area (Å²) in [6.07, 6.45) is 2.93. The fourth-order valence-corrected chi connectivity index (χ4v) is 3.92. The van der Waals surface area contributed by atoms with Crippen molar-refractivity contribution in [3.8, 4) is 11.4 Å². The van der Waals surface area contributed by atoms with Gasteiger partial charge in [0.25, 0.3) is 0 Å². The van der Waals surface area contributed by atoms with Crippen LogP contribution in [0.4, 0.5) is 4.79 Å². The number of fused-ring (bicyclic) bond motifs is 3. The molecule has 5 heteroatoms. The molecule has 2 aromatic carbocycles. The Kier molecular flexibility index (Phi) is 5.06. The van der Waals surface area contributed by atoms with Gasteiger partial charge in [-0.1, -0.05) is 37.3 Å². The second-order valence-corrected chi connectivity index (χ2v) is 6.99. The highest BCUT2D eigenvalue weighted by molar-refractivity contribution is 5.75. The first-order chi connectivity index (χ1) is 13.7. The predicted molar refractivity (Wildman–Crippen MR) is 110 cm³/mol. The van der Waals surface area contributed by atoms with Crippen molar-refractivity contribution < 1.29 is 9.53 Å². The second-order valence-electron chi connectivity index (χ2n) is 6.99. The molecule has 0 fully saturated rings. The van der Waals surface area contributed by atoms with Crippen LogP contribution >= 0.6 is 0 Å². The minimum absolute atomic E-state index is 0.0210. The highest BCUT2D eigenvalue weighted by Crippen LogP contribution is 2.34. The lowest BCUT2D eigenvalue weighted by atomic mass is 10.1. The Balaban J connectivity index is 1.60. The van der Waals surface area contributed by atoms with Crippen molar-refractivity contribution in [1.82, 2.24) is 14.8 Å². The summed E-state index contributed by atoms with van der Waals surface area (Å²) in [5.74, 6) is 0.791. The topological polar surface area (TPSA) is 46.5 Å². The van der Waals surface area contributed by atoms with Gasteiger partial charge in [0.1, 0.15) is 5.75 Å². The number of rotatable bonds is 4. The fraction of sp³-hybridized carbons (Fsp3) is 0.261. The molecule has 1 N–H and O–H groups in total. The minimum Gasteiger partial charge on any atom is -0.497 e. The van der Waals surface area contributed by atoms with Crippen molar-refractivity contribution in [3.63, 3.8) is 0 Å². The Labute approximate surface area is 165 Å². The average Bonchev–Trinajstić information content (AvgIpc) is 3.17. The molecular weight excluding hydrogens is 350 g/mol. The summed E-state index contributed by atoms with van der Waals surface area (Å²) in [4.78, 5) is 15.1. The Bertz CT molecular complexity index is 979. The monoisotopic (exact) mass is 375 g/mol. The van der Waals surface area contributed by atoms with Gasteiger partial charge in [-0.3, -0.25) is 0 Å². The molecule has 144 valence electrons. The van der Waals surface area contributed by atoms with E-state index in [0.717, 1.165) is 34.7 Å². The van der Waals surface area contributed by atoms with Crippen molar-refractivity contribution in [2.75, 3.05) is 7.11 Å². The van der Waals surface area contributed by atoms with Crippen molar-refractivity contribution in [1.29, 1.82) is 0 Å². The number of carbonyl (C=O) groups is 1. The largest absolute Gasteiger partial charge is 0.497 e. The van der Waals surface area contributed by atoms with E-state index in [4.69, 9.17) is 4.74 Å². The van der Waals surface area contributed by atoms with Crippen molar-refractivity contribution in [2.24, 2.45) is 0 Å². The molecule has 3 aromatic rings. The fourth-order valence-electron chi connectivity index (χ4n) is 3.92. The van der Waals surface area contributed by atoms with E-state index >= 15 is 0 Å². The van der Waals surface area contributed by atoms with Gasteiger partial charge >= 0.3 is 6.03 Å². The lowest BCUT2D eigenvalue weighted by molar-refractivity contribution is 0.167. The van der Waals surface area contributed by atoms with Gasteiger partial charge in [0.15, 0.2) is 0 Å². The van der Waals surface area contributed by atoms with Gasteiger partial charge in [0.2, 0.25) is 0 Å². The smallest absolute Gasteiger partial charge is 0.318 e. The van der Waals surface area contributed by atoms with Crippen LogP contribution in [0.1, 0.15) is 36.2 Å². The number of urea groups is 1. The molecule has 1 aliphatic rings. The number of hydrogen-bond donors (Lipinski definition) is 1. The van der Waals surface area contributed by atoms with E-state index in [1.807, 2.05) is 47.4 Å². The van der Waals surface area contributed by atoms with E-state index in [0.29, 0.717) is 13.1 Å². The third-order valence-electron chi connectivity index (χ3n) is 5.32. The number of para-hydroxylation sites is 1. The van der Waals surface area contributed by atoms with Gasteiger partial charge in [-0.15, -0.1) is 0 Å². The molecule has 0 aliphatic carbocycles. The molecule has 0 saturated carbocycles. The van der Waals surface area contributed by atoms with Crippen LogP contribution in [0.2, 0.25) is 0 Å². The minimum atomic E-state index is -0.0564. The van der Waals surface area contributed by atoms with Crippen LogP contribution in [-0.4, -0.2) is 22.6 Å². The van der Waals surface area contributed by atoms with E-state index < -0.39 is 0 Å². The number of amides is 2. The van der Waals surface area contributed by atoms with Gasteiger partial charge in [-0.25, -0.2) is 4.79 Å². The number of ether oxygens (including phenoxy) is 1. The predicted octanol–water partition coefficient (Wildman–Crippen LogP) is 4.66. The maximum absolute atomic E-state index is 13.2. The number of methoxy groups -OCH3 is 1. The maximum atomic E-state index is 13.2. The highest BCUT2D eigenvalue weighted by atomic mass is 16.5. The Morgan fingerprint density at radius 1 is 1.14 bits per heavy atom. The maximum Gasteiger partial charge on any atom is 0.318 e. The van der Waals surface area contributed by atoms with E-state index in [1.165, 1.54) is 0 Å². The average molecular weight is 375 g/mol. The molecule has 1 aliphatic heterocycles. The van der Waals surface area contributed by atoms with E-state index in [-0.39, 0.29) is 12.1 Å². The molecule has 0 spiro atoms. The molecule has 0 saturated heterocycles. The normalized spacial score (nSPS) is 15.4. The molecule has 28 heavy (non-hydrogen) atoms. The van der Waals surface area contributed by atoms with Crippen molar-refractivity contribution in [2.45, 2.75) is 32.5 Å². The highest BCUT2D eigenvalue weighted by Gasteiger charge is 2.30. The Morgan fingerprint density at radius 2 is 2.00 bits per heavy atom. The van der Waals surface area contributed by atoms with Crippen LogP contribution in [0.3, 0.4) is 0 Å². The van der Waals surface area contributed by atoms with Gasteiger partial charge < -0.3 is 19.5 Å². The zero-order valence-corrected chi connectivity index (χ0v) is 16.3. The summed E-state index contributed by atoms with van der Waals surface area (Å²) in [7, 11) is 1.65. The molecule has 5 nitrogen and oxygen atoms in total. The summed E-state index contributed by atoms with van der Waals surface area (Å²) in [6.45, 7) is 3.17. The summed E-state index contributed by atoms with van der Waals surface area (Å²) < 4.78 is 7.48. The SMILES string of the molecule is CCC1c2cccn2-c2ccccc2CN1C(=O)NCc1cccc(OC)c1. The van der Waals surface area contributed by atoms with Crippen molar-refractivity contribution >= 4 is 6.03 Å². The van der Waals surface area contributed by atoms with Gasteiger partial charge in [0, 0.05) is 18.4 Å². The number of benzene rings is 2. The zero-order chi connectivity index (χ0) is 19.5. The molecule has 2 heterocycles. The molecule has 4 rings (SSSR count). The van der Waals surface area contributed by atoms with Crippen LogP contribution in [0, 0.1) is 0 Å². The van der Waals surface area contributed by atoms with Crippen LogP contribution in [0.5, 0.6) is 5.75 Å².